The molecule has 4 nitrogen and oxygen atoms in total. The van der Waals surface area contributed by atoms with Crippen molar-refractivity contribution in [2.75, 3.05) is 5.32 Å². The van der Waals surface area contributed by atoms with Crippen molar-refractivity contribution in [2.24, 2.45) is 0 Å². The predicted molar refractivity (Wildman–Crippen MR) is 111 cm³/mol. The Bertz CT molecular complexity index is 1040. The molecular weight excluding hydrogens is 356 g/mol. The van der Waals surface area contributed by atoms with Gasteiger partial charge < -0.3 is 5.32 Å². The summed E-state index contributed by atoms with van der Waals surface area (Å²) in [6.45, 7) is 2.12. The van der Waals surface area contributed by atoms with Crippen LogP contribution in [0, 0.1) is 0 Å². The number of halogens is 1. The van der Waals surface area contributed by atoms with Crippen LogP contribution < -0.4 is 5.32 Å². The lowest BCUT2D eigenvalue weighted by Gasteiger charge is -2.15. The van der Waals surface area contributed by atoms with Crippen molar-refractivity contribution < 1.29 is 0 Å². The average Bonchev–Trinajstić information content (AvgIpc) is 3.19. The average molecular weight is 375 g/mol. The van der Waals surface area contributed by atoms with E-state index in [1.165, 1.54) is 5.56 Å². The van der Waals surface area contributed by atoms with Crippen molar-refractivity contribution in [1.29, 1.82) is 0 Å². The van der Waals surface area contributed by atoms with Crippen LogP contribution in [-0.4, -0.2) is 15.2 Å². The van der Waals surface area contributed by atoms with Crippen molar-refractivity contribution in [3.63, 3.8) is 0 Å². The Labute approximate surface area is 163 Å². The van der Waals surface area contributed by atoms with E-state index in [2.05, 4.69) is 39.6 Å². The molecule has 0 fully saturated rings. The second-order valence-corrected chi connectivity index (χ2v) is 6.80. The van der Waals surface area contributed by atoms with Gasteiger partial charge in [-0.25, -0.2) is 4.98 Å². The lowest BCUT2D eigenvalue weighted by molar-refractivity contribution is 0.875. The topological polar surface area (TPSA) is 53.6 Å². The maximum atomic E-state index is 6.14. The van der Waals surface area contributed by atoms with Gasteiger partial charge in [0, 0.05) is 34.6 Å². The van der Waals surface area contributed by atoms with E-state index in [0.29, 0.717) is 5.02 Å². The standard InChI is InChI=1S/C22H19ClN4/c1-15(16-6-3-2-4-7-16)26-21-13-17(10-11-24-21)20-14-25-27-22(20)18-8-5-9-19(23)12-18/h2-15H,1H3,(H,24,26)(H,25,27). The highest BCUT2D eigenvalue weighted by atomic mass is 35.5. The van der Waals surface area contributed by atoms with E-state index in [1.54, 1.807) is 0 Å². The summed E-state index contributed by atoms with van der Waals surface area (Å²) in [5, 5.41) is 11.5. The summed E-state index contributed by atoms with van der Waals surface area (Å²) in [6, 6.07) is 22.2. The monoisotopic (exact) mass is 374 g/mol. The Kier molecular flexibility index (Phi) is 4.90. The summed E-state index contributed by atoms with van der Waals surface area (Å²) >= 11 is 6.14. The first-order valence-corrected chi connectivity index (χ1v) is 9.16. The number of nitrogens with one attached hydrogen (secondary N) is 2. The number of hydrogen-bond acceptors (Lipinski definition) is 3. The zero-order valence-corrected chi connectivity index (χ0v) is 15.6. The fraction of sp³-hybridized carbons (Fsp3) is 0.0909. The first-order chi connectivity index (χ1) is 13.2. The lowest BCUT2D eigenvalue weighted by Crippen LogP contribution is -2.07. The summed E-state index contributed by atoms with van der Waals surface area (Å²) in [4.78, 5) is 4.47. The zero-order chi connectivity index (χ0) is 18.6. The van der Waals surface area contributed by atoms with E-state index in [4.69, 9.17) is 11.6 Å². The number of pyridine rings is 1. The molecule has 0 aliphatic carbocycles. The van der Waals surface area contributed by atoms with Crippen molar-refractivity contribution in [2.45, 2.75) is 13.0 Å². The number of anilines is 1. The summed E-state index contributed by atoms with van der Waals surface area (Å²) < 4.78 is 0. The summed E-state index contributed by atoms with van der Waals surface area (Å²) in [5.41, 5.74) is 5.10. The second-order valence-electron chi connectivity index (χ2n) is 6.36. The van der Waals surface area contributed by atoms with Gasteiger partial charge in [0.1, 0.15) is 5.82 Å². The lowest BCUT2D eigenvalue weighted by atomic mass is 10.0. The van der Waals surface area contributed by atoms with Crippen molar-refractivity contribution in [3.8, 4) is 22.4 Å². The Balaban J connectivity index is 1.63. The summed E-state index contributed by atoms with van der Waals surface area (Å²) in [7, 11) is 0. The first-order valence-electron chi connectivity index (χ1n) is 8.78. The highest BCUT2D eigenvalue weighted by molar-refractivity contribution is 6.30. The van der Waals surface area contributed by atoms with Crippen LogP contribution in [0.25, 0.3) is 22.4 Å². The van der Waals surface area contributed by atoms with Crippen LogP contribution in [0.15, 0.2) is 79.1 Å². The smallest absolute Gasteiger partial charge is 0.126 e. The molecule has 2 heterocycles. The summed E-state index contributed by atoms with van der Waals surface area (Å²) in [6.07, 6.45) is 3.71. The molecule has 0 saturated heterocycles. The van der Waals surface area contributed by atoms with E-state index in [1.807, 2.05) is 67.0 Å². The molecule has 0 bridgehead atoms. The number of rotatable bonds is 5. The van der Waals surface area contributed by atoms with Gasteiger partial charge in [-0.1, -0.05) is 54.1 Å². The van der Waals surface area contributed by atoms with Crippen LogP contribution in [0.5, 0.6) is 0 Å². The molecule has 2 N–H and O–H groups in total. The molecule has 1 atom stereocenters. The van der Waals surface area contributed by atoms with Gasteiger partial charge in [0.25, 0.3) is 0 Å². The number of hydrogen-bond donors (Lipinski definition) is 2. The van der Waals surface area contributed by atoms with Gasteiger partial charge in [-0.15, -0.1) is 0 Å². The van der Waals surface area contributed by atoms with Crippen molar-refractivity contribution in [3.05, 3.63) is 89.7 Å². The van der Waals surface area contributed by atoms with Gasteiger partial charge in [0.05, 0.1) is 5.69 Å². The Morgan fingerprint density at radius 1 is 0.963 bits per heavy atom. The molecule has 2 aromatic carbocycles. The van der Waals surface area contributed by atoms with E-state index in [9.17, 15) is 0 Å². The molecule has 0 radical (unpaired) electrons. The molecule has 4 aromatic rings. The third-order valence-corrected chi connectivity index (χ3v) is 4.71. The number of benzene rings is 2. The molecule has 4 rings (SSSR count). The van der Waals surface area contributed by atoms with Crippen LogP contribution in [-0.2, 0) is 0 Å². The van der Waals surface area contributed by atoms with Crippen LogP contribution in [0.3, 0.4) is 0 Å². The molecule has 5 heteroatoms. The Hall–Kier alpha value is -3.11. The third-order valence-electron chi connectivity index (χ3n) is 4.47. The molecule has 0 spiro atoms. The predicted octanol–water partition coefficient (Wildman–Crippen LogP) is 5.97. The van der Waals surface area contributed by atoms with Gasteiger partial charge >= 0.3 is 0 Å². The minimum atomic E-state index is 0.158. The quantitative estimate of drug-likeness (QED) is 0.452. The highest BCUT2D eigenvalue weighted by Crippen LogP contribution is 2.32. The largest absolute Gasteiger partial charge is 0.364 e. The fourth-order valence-corrected chi connectivity index (χ4v) is 3.28. The van der Waals surface area contributed by atoms with Crippen LogP contribution in [0.1, 0.15) is 18.5 Å². The maximum Gasteiger partial charge on any atom is 0.126 e. The third kappa shape index (κ3) is 3.86. The van der Waals surface area contributed by atoms with Gasteiger partial charge in [-0.3, -0.25) is 5.10 Å². The number of H-pyrrole nitrogens is 1. The van der Waals surface area contributed by atoms with Gasteiger partial charge in [0.2, 0.25) is 0 Å². The maximum absolute atomic E-state index is 6.14. The fourth-order valence-electron chi connectivity index (χ4n) is 3.09. The van der Waals surface area contributed by atoms with E-state index in [0.717, 1.165) is 28.2 Å². The minimum Gasteiger partial charge on any atom is -0.364 e. The van der Waals surface area contributed by atoms with Crippen LogP contribution in [0.2, 0.25) is 5.02 Å². The number of nitrogens with zero attached hydrogens (tertiary/aromatic N) is 2. The minimum absolute atomic E-state index is 0.158. The number of aromatic amines is 1. The molecule has 0 aliphatic rings. The molecule has 27 heavy (non-hydrogen) atoms. The van der Waals surface area contributed by atoms with Crippen molar-refractivity contribution >= 4 is 17.4 Å². The zero-order valence-electron chi connectivity index (χ0n) is 14.9. The molecule has 1 unspecified atom stereocenters. The van der Waals surface area contributed by atoms with Gasteiger partial charge in [-0.05, 0) is 42.3 Å². The molecule has 2 aromatic heterocycles. The molecule has 0 saturated carbocycles. The van der Waals surface area contributed by atoms with Gasteiger partial charge in [0.15, 0.2) is 0 Å². The molecule has 134 valence electrons. The highest BCUT2D eigenvalue weighted by Gasteiger charge is 2.12. The van der Waals surface area contributed by atoms with E-state index in [-0.39, 0.29) is 6.04 Å². The Morgan fingerprint density at radius 2 is 1.81 bits per heavy atom. The van der Waals surface area contributed by atoms with Gasteiger partial charge in [-0.2, -0.15) is 5.10 Å². The molecular formula is C22H19ClN4. The number of aromatic nitrogens is 3. The van der Waals surface area contributed by atoms with Crippen molar-refractivity contribution in [1.82, 2.24) is 15.2 Å². The molecule has 0 aliphatic heterocycles. The van der Waals surface area contributed by atoms with Crippen LogP contribution in [0.4, 0.5) is 5.82 Å². The SMILES string of the molecule is CC(Nc1cc(-c2c[nH]nc2-c2cccc(Cl)c2)ccn1)c1ccccc1. The Morgan fingerprint density at radius 3 is 2.63 bits per heavy atom. The normalized spacial score (nSPS) is 11.9. The second kappa shape index (κ2) is 7.64. The van der Waals surface area contributed by atoms with Crippen LogP contribution >= 0.6 is 11.6 Å². The van der Waals surface area contributed by atoms with E-state index >= 15 is 0 Å². The summed E-state index contributed by atoms with van der Waals surface area (Å²) in [5.74, 6) is 0.821. The molecule has 0 amide bonds. The first kappa shape index (κ1) is 17.3. The van der Waals surface area contributed by atoms with E-state index < -0.39 is 0 Å².